The number of carbonyl (C=O) groups excluding carboxylic acids is 6. The van der Waals surface area contributed by atoms with Crippen LogP contribution in [0.1, 0.15) is 75.6 Å². The minimum atomic E-state index is -1.27. The van der Waals surface area contributed by atoms with Crippen molar-refractivity contribution in [3.63, 3.8) is 0 Å². The molecule has 0 aliphatic carbocycles. The second-order valence-corrected chi connectivity index (χ2v) is 19.8. The minimum absolute atomic E-state index is 0.0224. The van der Waals surface area contributed by atoms with Crippen LogP contribution in [-0.4, -0.2) is 94.0 Å². The van der Waals surface area contributed by atoms with Gasteiger partial charge < -0.3 is 18.9 Å². The third-order valence-corrected chi connectivity index (χ3v) is 11.7. The summed E-state index contributed by atoms with van der Waals surface area (Å²) < 4.78 is 22.5. The van der Waals surface area contributed by atoms with E-state index in [9.17, 15) is 49.0 Å². The fourth-order valence-electron chi connectivity index (χ4n) is 7.62. The zero-order chi connectivity index (χ0) is 51.8. The van der Waals surface area contributed by atoms with Crippen LogP contribution in [0.4, 0.5) is 9.59 Å². The monoisotopic (exact) mass is 1090 g/mol. The van der Waals surface area contributed by atoms with E-state index < -0.39 is 93.6 Å². The Kier molecular flexibility index (Phi) is 17.4. The van der Waals surface area contributed by atoms with Crippen molar-refractivity contribution in [1.82, 2.24) is 9.80 Å². The fourth-order valence-corrected chi connectivity index (χ4v) is 8.15. The molecule has 20 heteroatoms. The van der Waals surface area contributed by atoms with Gasteiger partial charge in [0.15, 0.2) is 0 Å². The van der Waals surface area contributed by atoms with E-state index in [0.717, 1.165) is 8.95 Å². The Morgan fingerprint density at radius 2 is 0.871 bits per heavy atom. The number of hydrogen-bond acceptors (Lipinski definition) is 14. The van der Waals surface area contributed by atoms with Crippen molar-refractivity contribution >= 4 is 79.8 Å². The smallest absolute Gasteiger partial charge is 0.424 e. The van der Waals surface area contributed by atoms with E-state index in [1.54, 1.807) is 139 Å². The Morgan fingerprint density at radius 1 is 0.571 bits per heavy atom. The molecule has 0 N–H and O–H groups in total. The molecule has 4 aromatic rings. The zero-order valence-corrected chi connectivity index (χ0v) is 42.5. The van der Waals surface area contributed by atoms with Crippen molar-refractivity contribution in [3.8, 4) is 11.5 Å². The molecule has 2 fully saturated rings. The van der Waals surface area contributed by atoms with Gasteiger partial charge in [-0.15, -0.1) is 0 Å². The molecule has 4 aromatic carbocycles. The van der Waals surface area contributed by atoms with Gasteiger partial charge in [-0.1, -0.05) is 80.4 Å². The number of amides is 6. The van der Waals surface area contributed by atoms with Gasteiger partial charge >= 0.3 is 12.2 Å². The summed E-state index contributed by atoms with van der Waals surface area (Å²) in [5.74, 6) is -6.95. The molecular formula is C50H50Br2N4O14. The molecule has 368 valence electrons. The summed E-state index contributed by atoms with van der Waals surface area (Å²) in [5.41, 5.74) is 0.146. The van der Waals surface area contributed by atoms with Crippen molar-refractivity contribution in [1.29, 1.82) is 0 Å². The van der Waals surface area contributed by atoms with Crippen LogP contribution in [-0.2, 0) is 28.7 Å². The molecular weight excluding hydrogens is 1040 g/mol. The second-order valence-electron chi connectivity index (χ2n) is 18.0. The molecule has 0 radical (unpaired) electrons. The second kappa shape index (κ2) is 22.6. The lowest BCUT2D eigenvalue weighted by Crippen LogP contribution is -2.41. The first kappa shape index (κ1) is 53.9. The third-order valence-electron chi connectivity index (χ3n) is 10.7. The number of hydrogen-bond donors (Lipinski definition) is 0. The van der Waals surface area contributed by atoms with E-state index >= 15 is 0 Å². The Morgan fingerprint density at radius 3 is 1.13 bits per heavy atom. The lowest BCUT2D eigenvalue weighted by atomic mass is 9.81. The van der Waals surface area contributed by atoms with Crippen LogP contribution in [0.5, 0.6) is 11.5 Å². The van der Waals surface area contributed by atoms with E-state index in [0.29, 0.717) is 43.6 Å². The van der Waals surface area contributed by atoms with Gasteiger partial charge in [0.05, 0.1) is 37.9 Å². The molecule has 0 aromatic heterocycles. The number of carbonyl (C=O) groups is 6. The van der Waals surface area contributed by atoms with Crippen molar-refractivity contribution < 1.29 is 57.6 Å². The molecule has 2 aliphatic rings. The Labute approximate surface area is 420 Å². The average Bonchev–Trinajstić information content (AvgIpc) is 3.67. The summed E-state index contributed by atoms with van der Waals surface area (Å²) >= 11 is 6.69. The molecule has 18 nitrogen and oxygen atoms in total. The molecule has 6 amide bonds. The highest BCUT2D eigenvalue weighted by Gasteiger charge is 2.54. The maximum atomic E-state index is 13.5. The standard InChI is InChI=1S/2C25H25BrN2O7/c2*1-25(2,3)35-24(31)28-22(29)19(13-15-5-9-17(26)10-6-15)21(23(28)30)20(14-27(32)33)16-7-11-18(34-4)12-8-16/h2*5-13,20-21H,14H2,1-4H3/b2*19-13+/t2*20-,21+/m11/s1. The SMILES string of the molecule is COc1ccc([C@@H](C[N+](=O)[O-])[C@H]2C(=O)N(C(=O)OC(C)(C)C)C(=O)/C2=C/c2ccc(Br)cc2)cc1.COc1ccc([C@@H](C[N+](=O)[O-])[C@H]2C(=O)N(C(=O)OC(C)(C)C)C(=O)/C2=C/c2ccc(Br)cc2)cc1. The van der Waals surface area contributed by atoms with Gasteiger partial charge in [-0.2, -0.15) is 9.80 Å². The number of nitrogens with zero attached hydrogens (tertiary/aromatic N) is 4. The highest BCUT2D eigenvalue weighted by molar-refractivity contribution is 9.10. The molecule has 2 heterocycles. The summed E-state index contributed by atoms with van der Waals surface area (Å²) in [6, 6.07) is 26.8. The van der Waals surface area contributed by atoms with E-state index in [4.69, 9.17) is 18.9 Å². The first-order valence-electron chi connectivity index (χ1n) is 21.5. The summed E-state index contributed by atoms with van der Waals surface area (Å²) in [7, 11) is 2.97. The molecule has 2 aliphatic heterocycles. The van der Waals surface area contributed by atoms with Crippen LogP contribution >= 0.6 is 31.9 Å². The number of benzene rings is 4. The van der Waals surface area contributed by atoms with Crippen molar-refractivity contribution in [2.45, 2.75) is 64.6 Å². The zero-order valence-electron chi connectivity index (χ0n) is 39.4. The van der Waals surface area contributed by atoms with E-state index in [1.807, 2.05) is 0 Å². The Balaban J connectivity index is 0.000000261. The number of nitro groups is 2. The number of rotatable bonds is 12. The van der Waals surface area contributed by atoms with Crippen LogP contribution in [0.3, 0.4) is 0 Å². The largest absolute Gasteiger partial charge is 0.497 e. The third kappa shape index (κ3) is 13.6. The number of methoxy groups -OCH3 is 2. The predicted molar refractivity (Wildman–Crippen MR) is 263 cm³/mol. The molecule has 6 rings (SSSR count). The lowest BCUT2D eigenvalue weighted by molar-refractivity contribution is -0.484. The highest BCUT2D eigenvalue weighted by atomic mass is 79.9. The maximum absolute atomic E-state index is 13.5. The van der Waals surface area contributed by atoms with Gasteiger partial charge in [-0.25, -0.2) is 9.59 Å². The number of ether oxygens (including phenoxy) is 4. The summed E-state index contributed by atoms with van der Waals surface area (Å²) in [5, 5.41) is 23.2. The summed E-state index contributed by atoms with van der Waals surface area (Å²) in [4.78, 5) is 102. The van der Waals surface area contributed by atoms with Crippen LogP contribution in [0.25, 0.3) is 12.2 Å². The van der Waals surface area contributed by atoms with Crippen molar-refractivity contribution in [2.75, 3.05) is 27.3 Å². The summed E-state index contributed by atoms with van der Waals surface area (Å²) in [6.07, 6.45) is 0.730. The van der Waals surface area contributed by atoms with Gasteiger partial charge in [0.2, 0.25) is 24.9 Å². The van der Waals surface area contributed by atoms with Crippen LogP contribution in [0, 0.1) is 32.1 Å². The lowest BCUT2D eigenvalue weighted by Gasteiger charge is -2.23. The highest BCUT2D eigenvalue weighted by Crippen LogP contribution is 2.42. The number of imide groups is 6. The molecule has 2 saturated heterocycles. The first-order chi connectivity index (χ1) is 32.8. The summed E-state index contributed by atoms with van der Waals surface area (Å²) in [6.45, 7) is 8.40. The van der Waals surface area contributed by atoms with Gasteiger partial charge in [0.1, 0.15) is 22.7 Å². The van der Waals surface area contributed by atoms with Gasteiger partial charge in [-0.05, 0) is 124 Å². The molecule has 4 atom stereocenters. The van der Waals surface area contributed by atoms with Gasteiger partial charge in [-0.3, -0.25) is 39.4 Å². The Bertz CT molecular complexity index is 2520. The number of halogens is 2. The Hall–Kier alpha value is -7.06. The van der Waals surface area contributed by atoms with E-state index in [-0.39, 0.29) is 11.1 Å². The first-order valence-corrected chi connectivity index (χ1v) is 23.1. The molecule has 70 heavy (non-hydrogen) atoms. The maximum Gasteiger partial charge on any atom is 0.424 e. The predicted octanol–water partition coefficient (Wildman–Crippen LogP) is 9.64. The number of likely N-dealkylation sites (tertiary alicyclic amines) is 2. The fraction of sp³-hybridized carbons (Fsp3) is 0.320. The van der Waals surface area contributed by atoms with Gasteiger partial charge in [0.25, 0.3) is 11.8 Å². The topological polar surface area (TPSA) is 232 Å². The average molecular weight is 1090 g/mol. The van der Waals surface area contributed by atoms with E-state index in [2.05, 4.69) is 31.9 Å². The normalized spacial score (nSPS) is 18.0. The van der Waals surface area contributed by atoms with Crippen LogP contribution in [0.2, 0.25) is 0 Å². The van der Waals surface area contributed by atoms with E-state index in [1.165, 1.54) is 26.4 Å². The quantitative estimate of drug-likeness (QED) is 0.0556. The van der Waals surface area contributed by atoms with Crippen LogP contribution < -0.4 is 9.47 Å². The van der Waals surface area contributed by atoms with Crippen LogP contribution in [0.15, 0.2) is 117 Å². The van der Waals surface area contributed by atoms with Gasteiger partial charge in [0, 0.05) is 29.9 Å². The molecule has 0 bridgehead atoms. The minimum Gasteiger partial charge on any atom is -0.497 e. The van der Waals surface area contributed by atoms with Crippen molar-refractivity contribution in [3.05, 3.63) is 160 Å². The van der Waals surface area contributed by atoms with Crippen molar-refractivity contribution in [2.24, 2.45) is 11.8 Å². The molecule has 0 spiro atoms. The molecule has 0 unspecified atom stereocenters. The molecule has 0 saturated carbocycles.